The van der Waals surface area contributed by atoms with Gasteiger partial charge in [0.1, 0.15) is 6.61 Å². The summed E-state index contributed by atoms with van der Waals surface area (Å²) >= 11 is 1.67. The molecule has 0 atom stereocenters. The number of aliphatic imine (C=N–C) groups is 1. The van der Waals surface area contributed by atoms with Gasteiger partial charge >= 0.3 is 0 Å². The van der Waals surface area contributed by atoms with Crippen molar-refractivity contribution >= 4 is 17.3 Å². The number of benzene rings is 1. The van der Waals surface area contributed by atoms with Crippen LogP contribution in [-0.4, -0.2) is 43.1 Å². The van der Waals surface area contributed by atoms with Gasteiger partial charge in [-0.2, -0.15) is 0 Å². The van der Waals surface area contributed by atoms with Gasteiger partial charge in [0.2, 0.25) is 0 Å². The second kappa shape index (κ2) is 9.22. The Labute approximate surface area is 146 Å². The molecule has 0 aliphatic rings. The zero-order valence-corrected chi connectivity index (χ0v) is 15.1. The number of thiazole rings is 1. The van der Waals surface area contributed by atoms with E-state index in [1.807, 2.05) is 11.9 Å². The number of rotatable bonds is 7. The van der Waals surface area contributed by atoms with Gasteiger partial charge < -0.3 is 15.0 Å². The summed E-state index contributed by atoms with van der Waals surface area (Å²) in [4.78, 5) is 10.7. The first kappa shape index (κ1) is 18.2. The summed E-state index contributed by atoms with van der Waals surface area (Å²) in [5, 5.41) is 6.46. The van der Waals surface area contributed by atoms with E-state index in [1.54, 1.807) is 36.6 Å². The van der Waals surface area contributed by atoms with E-state index in [2.05, 4.69) is 27.6 Å². The van der Waals surface area contributed by atoms with Crippen LogP contribution in [0.15, 0.2) is 34.6 Å². The summed E-state index contributed by atoms with van der Waals surface area (Å²) in [6.07, 6.45) is 0.951. The molecule has 7 heteroatoms. The molecule has 0 fully saturated rings. The van der Waals surface area contributed by atoms with Crippen molar-refractivity contribution in [1.29, 1.82) is 0 Å². The topological polar surface area (TPSA) is 49.8 Å². The normalized spacial score (nSPS) is 11.4. The molecule has 130 valence electrons. The van der Waals surface area contributed by atoms with Gasteiger partial charge in [-0.1, -0.05) is 19.1 Å². The highest BCUT2D eigenvalue weighted by molar-refractivity contribution is 7.09. The molecule has 2 rings (SSSR count). The van der Waals surface area contributed by atoms with Crippen molar-refractivity contribution in [3.63, 3.8) is 0 Å². The largest absolute Gasteiger partial charge is 0.489 e. The lowest BCUT2D eigenvalue weighted by molar-refractivity contribution is 0.270. The van der Waals surface area contributed by atoms with Gasteiger partial charge in [0, 0.05) is 19.5 Å². The van der Waals surface area contributed by atoms with Crippen LogP contribution in [0, 0.1) is 5.82 Å². The Morgan fingerprint density at radius 2 is 2.21 bits per heavy atom. The minimum atomic E-state index is -0.349. The monoisotopic (exact) mass is 350 g/mol. The average Bonchev–Trinajstić information content (AvgIpc) is 3.05. The smallest absolute Gasteiger partial charge is 0.193 e. The van der Waals surface area contributed by atoms with E-state index in [0.29, 0.717) is 19.7 Å². The fraction of sp³-hybridized carbons (Fsp3) is 0.412. The summed E-state index contributed by atoms with van der Waals surface area (Å²) < 4.78 is 19.0. The molecule has 1 aromatic heterocycles. The highest BCUT2D eigenvalue weighted by Gasteiger charge is 2.08. The van der Waals surface area contributed by atoms with Crippen LogP contribution in [0.1, 0.15) is 17.6 Å². The summed E-state index contributed by atoms with van der Waals surface area (Å²) in [6.45, 7) is 3.68. The van der Waals surface area contributed by atoms with Crippen molar-refractivity contribution in [2.24, 2.45) is 4.99 Å². The molecule has 1 aromatic carbocycles. The van der Waals surface area contributed by atoms with Crippen molar-refractivity contribution in [3.05, 3.63) is 46.2 Å². The van der Waals surface area contributed by atoms with Gasteiger partial charge in [-0.05, 0) is 18.6 Å². The number of para-hydroxylation sites is 1. The molecule has 0 radical (unpaired) electrons. The quantitative estimate of drug-likeness (QED) is 0.616. The van der Waals surface area contributed by atoms with E-state index in [1.165, 1.54) is 6.07 Å². The highest BCUT2D eigenvalue weighted by atomic mass is 32.1. The molecule has 0 aliphatic heterocycles. The second-order valence-electron chi connectivity index (χ2n) is 5.19. The van der Waals surface area contributed by atoms with Gasteiger partial charge in [0.15, 0.2) is 17.5 Å². The summed E-state index contributed by atoms with van der Waals surface area (Å²) in [5.41, 5.74) is 1.01. The van der Waals surface area contributed by atoms with Crippen LogP contribution in [0.5, 0.6) is 5.75 Å². The third kappa shape index (κ3) is 5.19. The number of nitrogens with zero attached hydrogens (tertiary/aromatic N) is 3. The molecule has 0 unspecified atom stereocenters. The first-order valence-electron chi connectivity index (χ1n) is 7.86. The lowest BCUT2D eigenvalue weighted by Crippen LogP contribution is -2.40. The Morgan fingerprint density at radius 1 is 1.42 bits per heavy atom. The number of hydrogen-bond donors (Lipinski definition) is 1. The summed E-state index contributed by atoms with van der Waals surface area (Å²) in [7, 11) is 3.65. The van der Waals surface area contributed by atoms with Crippen LogP contribution < -0.4 is 10.1 Å². The fourth-order valence-corrected chi connectivity index (χ4v) is 2.85. The van der Waals surface area contributed by atoms with Gasteiger partial charge in [0.25, 0.3) is 0 Å². The molecule has 1 N–H and O–H groups in total. The predicted molar refractivity (Wildman–Crippen MR) is 96.2 cm³/mol. The van der Waals surface area contributed by atoms with E-state index in [-0.39, 0.29) is 11.6 Å². The van der Waals surface area contributed by atoms with E-state index in [9.17, 15) is 4.39 Å². The molecule has 0 saturated heterocycles. The molecule has 0 bridgehead atoms. The fourth-order valence-electron chi connectivity index (χ4n) is 2.11. The SMILES string of the molecule is CCc1nc(CNC(=NC)N(C)CCOc2ccccc2F)cs1. The van der Waals surface area contributed by atoms with Crippen LogP contribution in [-0.2, 0) is 13.0 Å². The van der Waals surface area contributed by atoms with E-state index in [4.69, 9.17) is 4.74 Å². The number of hydrogen-bond acceptors (Lipinski definition) is 4. The molecular formula is C17H23FN4OS. The first-order valence-corrected chi connectivity index (χ1v) is 8.74. The van der Waals surface area contributed by atoms with Crippen molar-refractivity contribution in [2.45, 2.75) is 19.9 Å². The van der Waals surface area contributed by atoms with Gasteiger partial charge in [-0.15, -0.1) is 11.3 Å². The second-order valence-corrected chi connectivity index (χ2v) is 6.13. The number of likely N-dealkylation sites (N-methyl/N-ethyl adjacent to an activating group) is 1. The molecule has 0 saturated carbocycles. The van der Waals surface area contributed by atoms with E-state index < -0.39 is 0 Å². The Bertz CT molecular complexity index is 674. The van der Waals surface area contributed by atoms with Crippen LogP contribution in [0.4, 0.5) is 4.39 Å². The van der Waals surface area contributed by atoms with Crippen LogP contribution in [0.3, 0.4) is 0 Å². The third-order valence-electron chi connectivity index (χ3n) is 3.42. The Hall–Kier alpha value is -2.15. The minimum absolute atomic E-state index is 0.267. The first-order chi connectivity index (χ1) is 11.6. The number of aromatic nitrogens is 1. The molecule has 0 aliphatic carbocycles. The van der Waals surface area contributed by atoms with E-state index >= 15 is 0 Å². The highest BCUT2D eigenvalue weighted by Crippen LogP contribution is 2.15. The maximum absolute atomic E-state index is 13.5. The molecular weight excluding hydrogens is 327 g/mol. The maximum Gasteiger partial charge on any atom is 0.193 e. The number of halogens is 1. The number of nitrogens with one attached hydrogen (secondary N) is 1. The average molecular weight is 350 g/mol. The van der Waals surface area contributed by atoms with E-state index in [0.717, 1.165) is 23.1 Å². The Morgan fingerprint density at radius 3 is 2.88 bits per heavy atom. The molecule has 5 nitrogen and oxygen atoms in total. The van der Waals surface area contributed by atoms with Crippen molar-refractivity contribution < 1.29 is 9.13 Å². The zero-order chi connectivity index (χ0) is 17.4. The standard InChI is InChI=1S/C17H23FN4OS/c1-4-16-21-13(12-24-16)11-20-17(19-2)22(3)9-10-23-15-8-6-5-7-14(15)18/h5-8,12H,4,9-11H2,1-3H3,(H,19,20). The summed E-state index contributed by atoms with van der Waals surface area (Å²) in [5.74, 6) is 0.666. The predicted octanol–water partition coefficient (Wildman–Crippen LogP) is 2.93. The molecule has 0 amide bonds. The maximum atomic E-state index is 13.5. The van der Waals surface area contributed by atoms with Gasteiger partial charge in [-0.3, -0.25) is 4.99 Å². The zero-order valence-electron chi connectivity index (χ0n) is 14.3. The molecule has 2 aromatic rings. The minimum Gasteiger partial charge on any atom is -0.489 e. The van der Waals surface area contributed by atoms with Crippen LogP contribution in [0.25, 0.3) is 0 Å². The van der Waals surface area contributed by atoms with Crippen LogP contribution >= 0.6 is 11.3 Å². The lowest BCUT2D eigenvalue weighted by Gasteiger charge is -2.21. The van der Waals surface area contributed by atoms with Gasteiger partial charge in [0.05, 0.1) is 23.8 Å². The van der Waals surface area contributed by atoms with Crippen molar-refractivity contribution in [3.8, 4) is 5.75 Å². The third-order valence-corrected chi connectivity index (χ3v) is 4.47. The number of guanidine groups is 1. The molecule has 1 heterocycles. The lowest BCUT2D eigenvalue weighted by atomic mass is 10.3. The molecule has 0 spiro atoms. The van der Waals surface area contributed by atoms with Crippen molar-refractivity contribution in [1.82, 2.24) is 15.2 Å². The number of aryl methyl sites for hydroxylation is 1. The number of ether oxygens (including phenoxy) is 1. The Balaban J connectivity index is 1.78. The van der Waals surface area contributed by atoms with Crippen LogP contribution in [0.2, 0.25) is 0 Å². The Kier molecular flexibility index (Phi) is 6.99. The molecule has 24 heavy (non-hydrogen) atoms. The van der Waals surface area contributed by atoms with Crippen molar-refractivity contribution in [2.75, 3.05) is 27.2 Å². The summed E-state index contributed by atoms with van der Waals surface area (Å²) in [6, 6.07) is 6.40. The van der Waals surface area contributed by atoms with Gasteiger partial charge in [-0.25, -0.2) is 9.37 Å².